The van der Waals surface area contributed by atoms with Crippen LogP contribution in [0.1, 0.15) is 5.82 Å². The molecule has 4 heteroatoms. The monoisotopic (exact) mass is 266 g/mol. The second-order valence-corrected chi connectivity index (χ2v) is 4.02. The fraction of sp³-hybridized carbons (Fsp3) is 0.182. The summed E-state index contributed by atoms with van der Waals surface area (Å²) in [4.78, 5) is 4.19. The van der Waals surface area contributed by atoms with Crippen LogP contribution in [0.4, 0.5) is 0 Å². The molecule has 0 saturated carbocycles. The van der Waals surface area contributed by atoms with E-state index in [0.717, 1.165) is 21.7 Å². The van der Waals surface area contributed by atoms with Gasteiger partial charge in [0.1, 0.15) is 11.6 Å². The second kappa shape index (κ2) is 4.06. The van der Waals surface area contributed by atoms with Gasteiger partial charge in [-0.2, -0.15) is 0 Å². The molecule has 0 saturated heterocycles. The van der Waals surface area contributed by atoms with Crippen LogP contribution in [0.3, 0.4) is 0 Å². The molecule has 0 aliphatic heterocycles. The number of aromatic nitrogens is 2. The van der Waals surface area contributed by atoms with Crippen LogP contribution in [0.2, 0.25) is 0 Å². The molecule has 0 N–H and O–H groups in total. The van der Waals surface area contributed by atoms with Gasteiger partial charge in [-0.1, -0.05) is 0 Å². The molecule has 0 aliphatic rings. The number of hydrogen-bond donors (Lipinski definition) is 0. The Morgan fingerprint density at radius 1 is 1.40 bits per heavy atom. The zero-order valence-electron chi connectivity index (χ0n) is 8.57. The van der Waals surface area contributed by atoms with Crippen molar-refractivity contribution in [2.24, 2.45) is 0 Å². The standard InChI is InChI=1S/C11H11BrN2O/c1-8-13-5-6-14(8)11-4-3-9(15-2)7-10(11)12/h3-7H,1-2H3. The number of benzene rings is 1. The van der Waals surface area contributed by atoms with E-state index in [1.807, 2.05) is 35.9 Å². The molecule has 0 bridgehead atoms. The first-order valence-electron chi connectivity index (χ1n) is 4.56. The molecule has 0 spiro atoms. The third-order valence-electron chi connectivity index (χ3n) is 2.24. The summed E-state index contributed by atoms with van der Waals surface area (Å²) in [5, 5.41) is 0. The Labute approximate surface area is 96.8 Å². The zero-order valence-corrected chi connectivity index (χ0v) is 10.2. The molecular weight excluding hydrogens is 256 g/mol. The Balaban J connectivity index is 2.50. The normalized spacial score (nSPS) is 10.3. The largest absolute Gasteiger partial charge is 0.497 e. The maximum atomic E-state index is 5.14. The molecule has 2 rings (SSSR count). The minimum Gasteiger partial charge on any atom is -0.497 e. The molecule has 0 atom stereocenters. The molecule has 0 aliphatic carbocycles. The molecule has 0 amide bonds. The number of halogens is 1. The van der Waals surface area contributed by atoms with Gasteiger partial charge in [0.25, 0.3) is 0 Å². The van der Waals surface area contributed by atoms with Gasteiger partial charge in [-0.25, -0.2) is 4.98 Å². The van der Waals surface area contributed by atoms with E-state index in [9.17, 15) is 0 Å². The van der Waals surface area contributed by atoms with E-state index in [4.69, 9.17) is 4.74 Å². The molecule has 0 radical (unpaired) electrons. The summed E-state index contributed by atoms with van der Waals surface area (Å²) in [6.45, 7) is 1.97. The predicted octanol–water partition coefficient (Wildman–Crippen LogP) is 2.95. The quantitative estimate of drug-likeness (QED) is 0.836. The van der Waals surface area contributed by atoms with Crippen LogP contribution in [-0.4, -0.2) is 16.7 Å². The van der Waals surface area contributed by atoms with Gasteiger partial charge in [0.05, 0.1) is 12.8 Å². The van der Waals surface area contributed by atoms with Crippen LogP contribution in [0.15, 0.2) is 35.1 Å². The predicted molar refractivity (Wildman–Crippen MR) is 62.6 cm³/mol. The molecule has 78 valence electrons. The molecule has 1 heterocycles. The highest BCUT2D eigenvalue weighted by molar-refractivity contribution is 9.10. The molecule has 0 fully saturated rings. The lowest BCUT2D eigenvalue weighted by atomic mass is 10.3. The van der Waals surface area contributed by atoms with Crippen LogP contribution >= 0.6 is 15.9 Å². The van der Waals surface area contributed by atoms with Crippen LogP contribution < -0.4 is 4.74 Å². The van der Waals surface area contributed by atoms with Crippen molar-refractivity contribution < 1.29 is 4.74 Å². The van der Waals surface area contributed by atoms with Crippen LogP contribution in [-0.2, 0) is 0 Å². The zero-order chi connectivity index (χ0) is 10.8. The summed E-state index contributed by atoms with van der Waals surface area (Å²) in [5.41, 5.74) is 1.06. The summed E-state index contributed by atoms with van der Waals surface area (Å²) >= 11 is 3.51. The number of aryl methyl sites for hydroxylation is 1. The fourth-order valence-corrected chi connectivity index (χ4v) is 1.99. The van der Waals surface area contributed by atoms with Crippen molar-refractivity contribution in [1.82, 2.24) is 9.55 Å². The van der Waals surface area contributed by atoms with Crippen molar-refractivity contribution in [2.75, 3.05) is 7.11 Å². The first kappa shape index (κ1) is 10.2. The summed E-state index contributed by atoms with van der Waals surface area (Å²) in [6.07, 6.45) is 3.72. The number of hydrogen-bond acceptors (Lipinski definition) is 2. The van der Waals surface area contributed by atoms with Gasteiger partial charge in [0, 0.05) is 16.9 Å². The van der Waals surface area contributed by atoms with Crippen LogP contribution in [0.25, 0.3) is 5.69 Å². The van der Waals surface area contributed by atoms with Gasteiger partial charge in [-0.05, 0) is 41.1 Å². The Bertz CT molecular complexity index is 479. The number of rotatable bonds is 2. The van der Waals surface area contributed by atoms with Crippen molar-refractivity contribution in [1.29, 1.82) is 0 Å². The van der Waals surface area contributed by atoms with Crippen LogP contribution in [0.5, 0.6) is 5.75 Å². The summed E-state index contributed by atoms with van der Waals surface area (Å²) in [5.74, 6) is 1.80. The lowest BCUT2D eigenvalue weighted by Crippen LogP contribution is -1.96. The van der Waals surface area contributed by atoms with E-state index >= 15 is 0 Å². The van der Waals surface area contributed by atoms with Crippen molar-refractivity contribution in [2.45, 2.75) is 6.92 Å². The molecule has 0 unspecified atom stereocenters. The smallest absolute Gasteiger partial charge is 0.120 e. The van der Waals surface area contributed by atoms with Gasteiger partial charge >= 0.3 is 0 Å². The number of imidazole rings is 1. The molecule has 1 aromatic heterocycles. The van der Waals surface area contributed by atoms with Gasteiger partial charge < -0.3 is 9.30 Å². The summed E-state index contributed by atoms with van der Waals surface area (Å²) in [6, 6.07) is 5.87. The third kappa shape index (κ3) is 1.90. The third-order valence-corrected chi connectivity index (χ3v) is 2.88. The van der Waals surface area contributed by atoms with Gasteiger partial charge in [-0.3, -0.25) is 0 Å². The average molecular weight is 267 g/mol. The molecule has 2 aromatic rings. The Morgan fingerprint density at radius 3 is 2.73 bits per heavy atom. The number of nitrogens with zero attached hydrogens (tertiary/aromatic N) is 2. The maximum absolute atomic E-state index is 5.14. The fourth-order valence-electron chi connectivity index (χ4n) is 1.44. The van der Waals surface area contributed by atoms with Gasteiger partial charge in [0.15, 0.2) is 0 Å². The Kier molecular flexibility index (Phi) is 2.77. The minimum atomic E-state index is 0.836. The van der Waals surface area contributed by atoms with E-state index < -0.39 is 0 Å². The topological polar surface area (TPSA) is 27.1 Å². The van der Waals surface area contributed by atoms with Crippen molar-refractivity contribution in [3.8, 4) is 11.4 Å². The SMILES string of the molecule is COc1ccc(-n2ccnc2C)c(Br)c1. The highest BCUT2D eigenvalue weighted by Crippen LogP contribution is 2.26. The van der Waals surface area contributed by atoms with E-state index in [-0.39, 0.29) is 0 Å². The lowest BCUT2D eigenvalue weighted by molar-refractivity contribution is 0.414. The highest BCUT2D eigenvalue weighted by Gasteiger charge is 2.05. The lowest BCUT2D eigenvalue weighted by Gasteiger charge is -2.09. The first-order valence-corrected chi connectivity index (χ1v) is 5.35. The minimum absolute atomic E-state index is 0.836. The summed E-state index contributed by atoms with van der Waals surface area (Å²) < 4.78 is 8.15. The van der Waals surface area contributed by atoms with Crippen LogP contribution in [0, 0.1) is 6.92 Å². The molecule has 15 heavy (non-hydrogen) atoms. The molecular formula is C11H11BrN2O. The van der Waals surface area contributed by atoms with E-state index in [1.54, 1.807) is 13.3 Å². The van der Waals surface area contributed by atoms with Crippen molar-refractivity contribution >= 4 is 15.9 Å². The first-order chi connectivity index (χ1) is 7.22. The van der Waals surface area contributed by atoms with Gasteiger partial charge in [0.2, 0.25) is 0 Å². The second-order valence-electron chi connectivity index (χ2n) is 3.16. The molecule has 1 aromatic carbocycles. The Morgan fingerprint density at radius 2 is 2.20 bits per heavy atom. The van der Waals surface area contributed by atoms with Crippen molar-refractivity contribution in [3.63, 3.8) is 0 Å². The van der Waals surface area contributed by atoms with E-state index in [0.29, 0.717) is 0 Å². The maximum Gasteiger partial charge on any atom is 0.120 e. The average Bonchev–Trinajstić information content (AvgIpc) is 2.64. The van der Waals surface area contributed by atoms with E-state index in [1.165, 1.54) is 0 Å². The Hall–Kier alpha value is -1.29. The summed E-state index contributed by atoms with van der Waals surface area (Å²) in [7, 11) is 1.66. The molecule has 3 nitrogen and oxygen atoms in total. The highest BCUT2D eigenvalue weighted by atomic mass is 79.9. The van der Waals surface area contributed by atoms with Gasteiger partial charge in [-0.15, -0.1) is 0 Å². The number of methoxy groups -OCH3 is 1. The van der Waals surface area contributed by atoms with E-state index in [2.05, 4.69) is 20.9 Å². The number of ether oxygens (including phenoxy) is 1. The van der Waals surface area contributed by atoms with Crippen molar-refractivity contribution in [3.05, 3.63) is 40.9 Å².